The second kappa shape index (κ2) is 4.58. The largest absolute Gasteiger partial charge is 0.541 e. The van der Waals surface area contributed by atoms with Gasteiger partial charge in [-0.15, -0.1) is 0 Å². The predicted molar refractivity (Wildman–Crippen MR) is 28.6 cm³/mol. The van der Waals surface area contributed by atoms with Gasteiger partial charge in [-0.05, 0) is 20.8 Å². The Bertz CT molecular complexity index is 193. The second-order valence-electron chi connectivity index (χ2n) is 1.02. The van der Waals surface area contributed by atoms with Crippen LogP contribution in [0.3, 0.4) is 0 Å². The van der Waals surface area contributed by atoms with E-state index in [0.29, 0.717) is 0 Å². The van der Waals surface area contributed by atoms with Crippen LogP contribution in [0.5, 0.6) is 0 Å². The Morgan fingerprint density at radius 1 is 1.73 bits per heavy atom. The van der Waals surface area contributed by atoms with E-state index in [-0.39, 0.29) is 0 Å². The Hall–Kier alpha value is -0.270. The monoisotopic (exact) mass is 211 g/mol. The summed E-state index contributed by atoms with van der Waals surface area (Å²) in [5.74, 6) is 0. The molecule has 0 amide bonds. The van der Waals surface area contributed by atoms with E-state index < -0.39 is 13.2 Å². The molecule has 1 atom stereocenters. The zero-order valence-corrected chi connectivity index (χ0v) is 6.26. The van der Waals surface area contributed by atoms with E-state index in [1.54, 1.807) is 0 Å². The highest BCUT2D eigenvalue weighted by molar-refractivity contribution is 7.47. The molecule has 0 aromatic rings. The number of nitrogens with zero attached hydrogens (tertiary/aromatic N) is 1. The second-order valence-corrected chi connectivity index (χ2v) is 2.55. The predicted octanol–water partition coefficient (Wildman–Crippen LogP) is 1.42. The SMILES string of the molecule is O=P(O)(OF)OON=C(F)Cl. The fourth-order valence-electron chi connectivity index (χ4n) is 0.0985. The minimum Gasteiger partial charge on any atom is -0.299 e. The summed E-state index contributed by atoms with van der Waals surface area (Å²) in [5.41, 5.74) is -1.59. The van der Waals surface area contributed by atoms with Crippen LogP contribution in [-0.2, 0) is 19.0 Å². The number of hydrogen-bond acceptors (Lipinski definition) is 5. The van der Waals surface area contributed by atoms with Crippen molar-refractivity contribution in [1.82, 2.24) is 0 Å². The van der Waals surface area contributed by atoms with Crippen LogP contribution >= 0.6 is 19.4 Å². The Kier molecular flexibility index (Phi) is 4.46. The van der Waals surface area contributed by atoms with Crippen molar-refractivity contribution in [2.24, 2.45) is 5.16 Å². The van der Waals surface area contributed by atoms with Gasteiger partial charge in [-0.2, -0.15) is 4.39 Å². The molecular formula is CHClF2NO5P. The Morgan fingerprint density at radius 2 is 2.27 bits per heavy atom. The molecule has 0 aliphatic carbocycles. The highest BCUT2D eigenvalue weighted by atomic mass is 35.5. The van der Waals surface area contributed by atoms with E-state index >= 15 is 0 Å². The van der Waals surface area contributed by atoms with Gasteiger partial charge in [-0.1, -0.05) is 4.73 Å². The van der Waals surface area contributed by atoms with Crippen molar-refractivity contribution < 1.29 is 32.8 Å². The molecule has 0 bridgehead atoms. The minimum absolute atomic E-state index is 1.59. The van der Waals surface area contributed by atoms with Crippen LogP contribution in [0.2, 0.25) is 0 Å². The van der Waals surface area contributed by atoms with Gasteiger partial charge in [0.25, 0.3) is 0 Å². The van der Waals surface area contributed by atoms with Gasteiger partial charge in [0.05, 0.1) is 0 Å². The summed E-state index contributed by atoms with van der Waals surface area (Å²) in [6.07, 6.45) is 0. The van der Waals surface area contributed by atoms with Gasteiger partial charge in [0.2, 0.25) is 0 Å². The van der Waals surface area contributed by atoms with E-state index in [1.807, 2.05) is 0 Å². The number of oxime groups is 1. The molecule has 66 valence electrons. The van der Waals surface area contributed by atoms with Crippen molar-refractivity contribution in [3.63, 3.8) is 0 Å². The average Bonchev–Trinajstić information content (AvgIpc) is 1.87. The first-order valence-electron chi connectivity index (χ1n) is 1.85. The maximum atomic E-state index is 11.4. The third kappa shape index (κ3) is 6.14. The van der Waals surface area contributed by atoms with Crippen LogP contribution in [0.25, 0.3) is 0 Å². The van der Waals surface area contributed by atoms with Gasteiger partial charge in [0.15, 0.2) is 0 Å². The van der Waals surface area contributed by atoms with E-state index in [0.717, 1.165) is 0 Å². The Morgan fingerprint density at radius 3 is 2.64 bits per heavy atom. The molecule has 10 heteroatoms. The van der Waals surface area contributed by atoms with E-state index in [2.05, 4.69) is 31.1 Å². The first kappa shape index (κ1) is 10.7. The van der Waals surface area contributed by atoms with Crippen LogP contribution in [-0.4, -0.2) is 10.3 Å². The van der Waals surface area contributed by atoms with Crippen molar-refractivity contribution in [1.29, 1.82) is 0 Å². The van der Waals surface area contributed by atoms with Crippen molar-refractivity contribution in [2.45, 2.75) is 0 Å². The topological polar surface area (TPSA) is 77.4 Å². The maximum absolute atomic E-state index is 11.4. The molecule has 0 saturated heterocycles. The van der Waals surface area contributed by atoms with Crippen LogP contribution in [0.15, 0.2) is 5.16 Å². The summed E-state index contributed by atoms with van der Waals surface area (Å²) in [7, 11) is -4.95. The molecule has 0 aromatic heterocycles. The molecule has 0 aliphatic heterocycles. The lowest BCUT2D eigenvalue weighted by Crippen LogP contribution is -1.88. The summed E-state index contributed by atoms with van der Waals surface area (Å²) < 4.78 is 37.8. The summed E-state index contributed by atoms with van der Waals surface area (Å²) in [4.78, 5) is 11.3. The number of phosphoric acid groups is 1. The lowest BCUT2D eigenvalue weighted by Gasteiger charge is -1.99. The highest BCUT2D eigenvalue weighted by Crippen LogP contribution is 2.43. The first-order chi connectivity index (χ1) is 4.98. The average molecular weight is 211 g/mol. The Balaban J connectivity index is 3.72. The highest BCUT2D eigenvalue weighted by Gasteiger charge is 2.24. The van der Waals surface area contributed by atoms with Crippen LogP contribution < -0.4 is 0 Å². The third-order valence-corrected chi connectivity index (χ3v) is 0.819. The van der Waals surface area contributed by atoms with Gasteiger partial charge in [0.1, 0.15) is 0 Å². The molecule has 0 rings (SSSR count). The molecule has 0 aliphatic rings. The summed E-state index contributed by atoms with van der Waals surface area (Å²) in [6, 6.07) is 0. The number of hydrogen-bond donors (Lipinski definition) is 1. The maximum Gasteiger partial charge on any atom is 0.541 e. The van der Waals surface area contributed by atoms with Gasteiger partial charge in [-0.3, -0.25) is 4.89 Å². The normalized spacial score (nSPS) is 17.6. The number of halogens is 3. The summed E-state index contributed by atoms with van der Waals surface area (Å²) in [5, 5.41) is 2.17. The minimum atomic E-state index is -4.95. The molecule has 1 N–H and O–H groups in total. The quantitative estimate of drug-likeness (QED) is 0.329. The van der Waals surface area contributed by atoms with E-state index in [4.69, 9.17) is 4.89 Å². The molecule has 0 radical (unpaired) electrons. The molecule has 0 fully saturated rings. The third-order valence-electron chi connectivity index (χ3n) is 0.321. The fourth-order valence-corrected chi connectivity index (χ4v) is 0.267. The molecule has 1 unspecified atom stereocenters. The molecular weight excluding hydrogens is 210 g/mol. The number of rotatable bonds is 4. The van der Waals surface area contributed by atoms with Crippen LogP contribution in [0.4, 0.5) is 8.92 Å². The molecule has 6 nitrogen and oxygen atoms in total. The lowest BCUT2D eigenvalue weighted by molar-refractivity contribution is -0.239. The van der Waals surface area contributed by atoms with Gasteiger partial charge in [0, 0.05) is 5.16 Å². The van der Waals surface area contributed by atoms with Gasteiger partial charge < -0.3 is 0 Å². The van der Waals surface area contributed by atoms with Crippen molar-refractivity contribution in [2.75, 3.05) is 0 Å². The fraction of sp³-hybridized carbons (Fsp3) is 0. The molecule has 0 aromatic carbocycles. The lowest BCUT2D eigenvalue weighted by atomic mass is 11.6. The molecule has 11 heavy (non-hydrogen) atoms. The zero-order chi connectivity index (χ0) is 8.91. The first-order valence-corrected chi connectivity index (χ1v) is 3.73. The molecule has 0 spiro atoms. The van der Waals surface area contributed by atoms with Crippen LogP contribution in [0.1, 0.15) is 0 Å². The van der Waals surface area contributed by atoms with E-state index in [9.17, 15) is 13.5 Å². The summed E-state index contributed by atoms with van der Waals surface area (Å²) in [6.45, 7) is 0. The van der Waals surface area contributed by atoms with Crippen molar-refractivity contribution in [3.05, 3.63) is 0 Å². The van der Waals surface area contributed by atoms with Gasteiger partial charge >= 0.3 is 13.2 Å². The standard InChI is InChI=1S/CHClF2NO5P/c2-1(3)5-9-10-11(6,7)8-4/h(H,6,7). The summed E-state index contributed by atoms with van der Waals surface area (Å²) >= 11 is 4.42. The van der Waals surface area contributed by atoms with Gasteiger partial charge in [-0.25, -0.2) is 9.55 Å². The molecule has 0 heterocycles. The van der Waals surface area contributed by atoms with E-state index in [1.165, 1.54) is 0 Å². The smallest absolute Gasteiger partial charge is 0.299 e. The zero-order valence-electron chi connectivity index (χ0n) is 4.61. The Labute approximate surface area is 63.7 Å². The van der Waals surface area contributed by atoms with Crippen molar-refractivity contribution in [3.8, 4) is 0 Å². The van der Waals surface area contributed by atoms with Crippen LogP contribution in [0, 0.1) is 0 Å². The molecule has 0 saturated carbocycles. The van der Waals surface area contributed by atoms with Crippen molar-refractivity contribution >= 4 is 24.8 Å².